The second-order valence-electron chi connectivity index (χ2n) is 3.07. The number of carbonyl (C=O) groups is 1. The van der Waals surface area contributed by atoms with Crippen LogP contribution in [0.25, 0.3) is 0 Å². The third-order valence-electron chi connectivity index (χ3n) is 2.05. The van der Waals surface area contributed by atoms with Crippen LogP contribution in [0.1, 0.15) is 13.3 Å². The van der Waals surface area contributed by atoms with Gasteiger partial charge in [0.25, 0.3) is 0 Å². The number of rotatable bonds is 1. The number of amides is 1. The summed E-state index contributed by atoms with van der Waals surface area (Å²) in [5.41, 5.74) is 0. The molecule has 0 N–H and O–H groups in total. The van der Waals surface area contributed by atoms with Gasteiger partial charge in [-0.25, -0.2) is 0 Å². The second kappa shape index (κ2) is 3.48. The molecule has 0 aromatic rings. The van der Waals surface area contributed by atoms with Crippen molar-refractivity contribution in [2.75, 3.05) is 6.54 Å². The van der Waals surface area contributed by atoms with Crippen LogP contribution >= 0.6 is 15.9 Å². The number of likely N-dealkylation sites (tertiary alicyclic amines) is 1. The molecule has 0 bridgehead atoms. The fourth-order valence-corrected chi connectivity index (χ4v) is 1.83. The zero-order valence-corrected chi connectivity index (χ0v) is 8.52. The molecule has 1 aliphatic rings. The molecule has 1 rings (SSSR count). The van der Waals surface area contributed by atoms with Gasteiger partial charge in [0.15, 0.2) is 0 Å². The first-order valence-corrected chi connectivity index (χ1v) is 4.74. The lowest BCUT2D eigenvalue weighted by molar-refractivity contribution is -0.182. The Morgan fingerprint density at radius 1 is 1.62 bits per heavy atom. The van der Waals surface area contributed by atoms with Crippen molar-refractivity contribution < 1.29 is 18.0 Å². The molecular weight excluding hydrogens is 251 g/mol. The molecule has 76 valence electrons. The first-order valence-electron chi connectivity index (χ1n) is 3.82. The lowest BCUT2D eigenvalue weighted by atomic mass is 10.3. The Morgan fingerprint density at radius 2 is 2.15 bits per heavy atom. The maximum absolute atomic E-state index is 12.2. The van der Waals surface area contributed by atoms with Gasteiger partial charge in [0.05, 0.1) is 0 Å². The Morgan fingerprint density at radius 3 is 2.46 bits per heavy atom. The molecule has 0 aromatic heterocycles. The number of alkyl halides is 4. The van der Waals surface area contributed by atoms with Crippen molar-refractivity contribution in [3.8, 4) is 0 Å². The largest absolute Gasteiger partial charge is 0.408 e. The van der Waals surface area contributed by atoms with Crippen molar-refractivity contribution >= 4 is 21.8 Å². The van der Waals surface area contributed by atoms with Crippen LogP contribution in [0, 0.1) is 0 Å². The SMILES string of the molecule is CC(N1CC(Br)CC1=O)C(F)(F)F. The van der Waals surface area contributed by atoms with Crippen LogP contribution in [-0.2, 0) is 4.79 Å². The Labute approximate surface area is 82.2 Å². The highest BCUT2D eigenvalue weighted by molar-refractivity contribution is 9.09. The summed E-state index contributed by atoms with van der Waals surface area (Å²) >= 11 is 3.12. The lowest BCUT2D eigenvalue weighted by Crippen LogP contribution is -2.44. The standard InChI is InChI=1S/C7H9BrF3NO/c1-4(7(9,10)11)12-3-5(8)2-6(12)13/h4-5H,2-3H2,1H3. The molecule has 1 heterocycles. The van der Waals surface area contributed by atoms with Gasteiger partial charge >= 0.3 is 6.18 Å². The molecule has 0 spiro atoms. The van der Waals surface area contributed by atoms with Gasteiger partial charge in [-0.3, -0.25) is 4.79 Å². The summed E-state index contributed by atoms with van der Waals surface area (Å²) in [6, 6.07) is -1.68. The number of hydrogen-bond acceptors (Lipinski definition) is 1. The maximum atomic E-state index is 12.2. The van der Waals surface area contributed by atoms with Crippen molar-refractivity contribution in [1.82, 2.24) is 4.90 Å². The van der Waals surface area contributed by atoms with E-state index in [0.29, 0.717) is 0 Å². The van der Waals surface area contributed by atoms with Crippen molar-refractivity contribution in [2.24, 2.45) is 0 Å². The lowest BCUT2D eigenvalue weighted by Gasteiger charge is -2.26. The predicted molar refractivity (Wildman–Crippen MR) is 44.6 cm³/mol. The molecule has 0 aliphatic carbocycles. The van der Waals surface area contributed by atoms with Crippen LogP contribution in [0.5, 0.6) is 0 Å². The monoisotopic (exact) mass is 259 g/mol. The molecule has 2 unspecified atom stereocenters. The van der Waals surface area contributed by atoms with Crippen LogP contribution in [0.4, 0.5) is 13.2 Å². The summed E-state index contributed by atoms with van der Waals surface area (Å²) in [5, 5.41) is 0. The van der Waals surface area contributed by atoms with Crippen LogP contribution < -0.4 is 0 Å². The van der Waals surface area contributed by atoms with Gasteiger partial charge in [-0.15, -0.1) is 0 Å². The van der Waals surface area contributed by atoms with Gasteiger partial charge < -0.3 is 4.90 Å². The van der Waals surface area contributed by atoms with Crippen LogP contribution in [0.15, 0.2) is 0 Å². The molecule has 1 fully saturated rings. The zero-order chi connectivity index (χ0) is 10.2. The van der Waals surface area contributed by atoms with E-state index < -0.39 is 18.1 Å². The number of hydrogen-bond donors (Lipinski definition) is 0. The van der Waals surface area contributed by atoms with Gasteiger partial charge in [0.2, 0.25) is 5.91 Å². The Bertz CT molecular complexity index is 218. The highest BCUT2D eigenvalue weighted by atomic mass is 79.9. The summed E-state index contributed by atoms with van der Waals surface area (Å²) in [5.74, 6) is -0.438. The smallest absolute Gasteiger partial charge is 0.330 e. The van der Waals surface area contributed by atoms with E-state index in [9.17, 15) is 18.0 Å². The van der Waals surface area contributed by atoms with E-state index >= 15 is 0 Å². The Kier molecular flexibility index (Phi) is 2.89. The van der Waals surface area contributed by atoms with E-state index in [1.54, 1.807) is 0 Å². The molecule has 0 saturated carbocycles. The number of halogens is 4. The summed E-state index contributed by atoms with van der Waals surface area (Å²) in [7, 11) is 0. The highest BCUT2D eigenvalue weighted by Crippen LogP contribution is 2.29. The minimum atomic E-state index is -4.33. The average molecular weight is 260 g/mol. The van der Waals surface area contributed by atoms with E-state index in [-0.39, 0.29) is 17.8 Å². The highest BCUT2D eigenvalue weighted by Gasteiger charge is 2.44. The van der Waals surface area contributed by atoms with Crippen molar-refractivity contribution in [3.05, 3.63) is 0 Å². The Hall–Kier alpha value is -0.260. The minimum absolute atomic E-state index is 0.138. The minimum Gasteiger partial charge on any atom is -0.330 e. The van der Waals surface area contributed by atoms with Gasteiger partial charge in [0, 0.05) is 17.8 Å². The third-order valence-corrected chi connectivity index (χ3v) is 2.67. The van der Waals surface area contributed by atoms with E-state index in [1.807, 2.05) is 0 Å². The first kappa shape index (κ1) is 10.8. The second-order valence-corrected chi connectivity index (χ2v) is 4.36. The quantitative estimate of drug-likeness (QED) is 0.660. The van der Waals surface area contributed by atoms with Crippen molar-refractivity contribution in [3.63, 3.8) is 0 Å². The van der Waals surface area contributed by atoms with Gasteiger partial charge in [-0.1, -0.05) is 15.9 Å². The summed E-state index contributed by atoms with van der Waals surface area (Å²) in [6.45, 7) is 1.14. The Balaban J connectivity index is 2.68. The van der Waals surface area contributed by atoms with E-state index in [0.717, 1.165) is 11.8 Å². The molecule has 2 atom stereocenters. The molecule has 13 heavy (non-hydrogen) atoms. The molecule has 6 heteroatoms. The summed E-state index contributed by atoms with van der Waals surface area (Å²) in [6.07, 6.45) is -4.17. The van der Waals surface area contributed by atoms with Crippen molar-refractivity contribution in [1.29, 1.82) is 0 Å². The third kappa shape index (κ3) is 2.36. The van der Waals surface area contributed by atoms with E-state index in [4.69, 9.17) is 0 Å². The van der Waals surface area contributed by atoms with E-state index in [2.05, 4.69) is 15.9 Å². The van der Waals surface area contributed by atoms with E-state index in [1.165, 1.54) is 0 Å². The molecule has 1 aliphatic heterocycles. The van der Waals surface area contributed by atoms with Gasteiger partial charge in [-0.05, 0) is 6.92 Å². The fraction of sp³-hybridized carbons (Fsp3) is 0.857. The van der Waals surface area contributed by atoms with Gasteiger partial charge in [-0.2, -0.15) is 13.2 Å². The molecule has 1 saturated heterocycles. The molecule has 1 amide bonds. The first-order chi connectivity index (χ1) is 5.82. The molecule has 0 radical (unpaired) electrons. The number of nitrogens with zero attached hydrogens (tertiary/aromatic N) is 1. The van der Waals surface area contributed by atoms with Gasteiger partial charge in [0.1, 0.15) is 6.04 Å². The predicted octanol–water partition coefficient (Wildman–Crippen LogP) is 1.93. The zero-order valence-electron chi connectivity index (χ0n) is 6.94. The maximum Gasteiger partial charge on any atom is 0.408 e. The normalized spacial score (nSPS) is 26.7. The summed E-state index contributed by atoms with van der Waals surface area (Å²) in [4.78, 5) is 11.8. The number of carbonyl (C=O) groups excluding carboxylic acids is 1. The topological polar surface area (TPSA) is 20.3 Å². The summed E-state index contributed by atoms with van der Waals surface area (Å²) < 4.78 is 36.6. The van der Waals surface area contributed by atoms with Crippen LogP contribution in [0.3, 0.4) is 0 Å². The van der Waals surface area contributed by atoms with Crippen molar-refractivity contribution in [2.45, 2.75) is 30.4 Å². The van der Waals surface area contributed by atoms with Crippen LogP contribution in [0.2, 0.25) is 0 Å². The molecule has 2 nitrogen and oxygen atoms in total. The molecule has 0 aromatic carbocycles. The average Bonchev–Trinajstić information content (AvgIpc) is 2.26. The van der Waals surface area contributed by atoms with Crippen LogP contribution in [-0.4, -0.2) is 34.4 Å². The molecular formula is C7H9BrF3NO. The fourth-order valence-electron chi connectivity index (χ4n) is 1.24.